The molecule has 0 amide bonds. The summed E-state index contributed by atoms with van der Waals surface area (Å²) in [5.74, 6) is 0. The molecule has 0 aliphatic carbocycles. The Morgan fingerprint density at radius 3 is 0.727 bits per heavy atom. The molecule has 10 nitrogen and oxygen atoms in total. The monoisotopic (exact) mass is 234 g/mol. The molecular weight excluding hydrogens is 223 g/mol. The third kappa shape index (κ3) is 3180. The predicted octanol–water partition coefficient (Wildman–Crippen LogP) is -5.19. The topological polar surface area (TPSA) is 255 Å². The second-order valence-corrected chi connectivity index (χ2v) is 0.224. The maximum Gasteiger partial charge on any atom is 2.00 e. The van der Waals surface area contributed by atoms with Crippen molar-refractivity contribution in [3.05, 3.63) is 15.3 Å². The van der Waals surface area contributed by atoms with E-state index in [0.717, 1.165) is 0 Å². The van der Waals surface area contributed by atoms with Crippen LogP contribution in [0.1, 0.15) is 0 Å². The Morgan fingerprint density at radius 2 is 0.727 bits per heavy atom. The van der Waals surface area contributed by atoms with Crippen molar-refractivity contribution in [2.45, 2.75) is 0 Å². The van der Waals surface area contributed by atoms with E-state index in [0.29, 0.717) is 0 Å². The normalized spacial score (nSPS) is 2.18. The Balaban J connectivity index is -0.00000000214. The van der Waals surface area contributed by atoms with Gasteiger partial charge in [-0.15, -0.1) is 0 Å². The number of hydrogen-bond donors (Lipinski definition) is 0. The molecule has 11 heavy (non-hydrogen) atoms. The standard InChI is InChI=1S/NO3.6H2O.Zn/c2-1(3)4;;;;;;;/h;6*1H2;/q-1;;;;;;;+2. The maximum atomic E-state index is 8.25. The largest absolute Gasteiger partial charge is 2.00 e. The van der Waals surface area contributed by atoms with Gasteiger partial charge in [0, 0.05) is 0 Å². The van der Waals surface area contributed by atoms with E-state index in [1.165, 1.54) is 0 Å². The van der Waals surface area contributed by atoms with E-state index in [2.05, 4.69) is 0 Å². The quantitative estimate of drug-likeness (QED) is 0.226. The summed E-state index contributed by atoms with van der Waals surface area (Å²) >= 11 is 0. The van der Waals surface area contributed by atoms with E-state index in [4.69, 9.17) is 15.3 Å². The van der Waals surface area contributed by atoms with Gasteiger partial charge in [0.15, 0.2) is 0 Å². The van der Waals surface area contributed by atoms with Crippen LogP contribution in [0.5, 0.6) is 0 Å². The molecule has 0 aliphatic heterocycles. The van der Waals surface area contributed by atoms with Crippen LogP contribution in [0.2, 0.25) is 0 Å². The van der Waals surface area contributed by atoms with Gasteiger partial charge in [-0.05, 0) is 0 Å². The van der Waals surface area contributed by atoms with Gasteiger partial charge in [0.05, 0.1) is 5.09 Å². The van der Waals surface area contributed by atoms with Crippen molar-refractivity contribution < 1.29 is 57.4 Å². The Hall–Kier alpha value is -0.417. The molecule has 0 atom stereocenters. The second kappa shape index (κ2) is 106. The van der Waals surface area contributed by atoms with Crippen molar-refractivity contribution >= 4 is 0 Å². The summed E-state index contributed by atoms with van der Waals surface area (Å²) in [7, 11) is 0. The Morgan fingerprint density at radius 1 is 0.727 bits per heavy atom. The third-order valence-electron chi connectivity index (χ3n) is 0. The van der Waals surface area contributed by atoms with Crippen LogP contribution in [0.15, 0.2) is 0 Å². The van der Waals surface area contributed by atoms with E-state index in [9.17, 15) is 0 Å². The smallest absolute Gasteiger partial charge is 0.412 e. The zero-order chi connectivity index (χ0) is 3.58. The van der Waals surface area contributed by atoms with Crippen molar-refractivity contribution in [2.75, 3.05) is 0 Å². The summed E-state index contributed by atoms with van der Waals surface area (Å²) in [6, 6.07) is 0. The summed E-state index contributed by atoms with van der Waals surface area (Å²) in [5.41, 5.74) is 0. The molecule has 0 aliphatic rings. The van der Waals surface area contributed by atoms with E-state index >= 15 is 0 Å². The number of hydrogen-bond acceptors (Lipinski definition) is 3. The molecule has 0 fully saturated rings. The van der Waals surface area contributed by atoms with Crippen LogP contribution < -0.4 is 0 Å². The van der Waals surface area contributed by atoms with Crippen molar-refractivity contribution in [1.82, 2.24) is 0 Å². The molecule has 0 heterocycles. The van der Waals surface area contributed by atoms with Gasteiger partial charge < -0.3 is 48.2 Å². The molecule has 0 saturated carbocycles. The molecule has 11 heteroatoms. The molecule has 0 radical (unpaired) electrons. The zero-order valence-electron chi connectivity index (χ0n) is 5.38. The number of rotatable bonds is 0. The molecule has 0 unspecified atom stereocenters. The van der Waals surface area contributed by atoms with Crippen LogP contribution in [0.4, 0.5) is 0 Å². The van der Waals surface area contributed by atoms with E-state index < -0.39 is 5.09 Å². The SMILES string of the molecule is O.O.O.O.O.O.O=[N+]([O-])[O-].[Zn+2]. The first kappa shape index (κ1) is 146. The minimum Gasteiger partial charge on any atom is -0.412 e. The van der Waals surface area contributed by atoms with Gasteiger partial charge in [-0.1, -0.05) is 0 Å². The summed E-state index contributed by atoms with van der Waals surface area (Å²) in [6.45, 7) is 0. The maximum absolute atomic E-state index is 8.25. The van der Waals surface area contributed by atoms with Gasteiger partial charge in [0.25, 0.3) is 0 Å². The first-order chi connectivity index (χ1) is 1.73. The van der Waals surface area contributed by atoms with Crippen LogP contribution in [-0.2, 0) is 19.5 Å². The fourth-order valence-corrected chi connectivity index (χ4v) is 0. The van der Waals surface area contributed by atoms with Gasteiger partial charge in [-0.25, -0.2) is 0 Å². The molecule has 0 aromatic rings. The molecule has 0 spiro atoms. The van der Waals surface area contributed by atoms with Crippen LogP contribution in [0, 0.1) is 15.3 Å². The average Bonchev–Trinajstić information content (AvgIpc) is 0.811. The zero-order valence-corrected chi connectivity index (χ0v) is 8.35. The molecule has 0 rings (SSSR count). The molecule has 0 bridgehead atoms. The first-order valence-electron chi connectivity index (χ1n) is 0.548. The summed E-state index contributed by atoms with van der Waals surface area (Å²) in [4.78, 5) is 8.25. The van der Waals surface area contributed by atoms with Crippen molar-refractivity contribution in [1.29, 1.82) is 0 Å². The second-order valence-electron chi connectivity index (χ2n) is 0.224. The molecule has 0 saturated heterocycles. The van der Waals surface area contributed by atoms with E-state index in [1.807, 2.05) is 0 Å². The Kier molecular flexibility index (Phi) is 1400. The molecule has 0 aromatic heterocycles. The van der Waals surface area contributed by atoms with Crippen molar-refractivity contribution in [3.8, 4) is 0 Å². The fourth-order valence-electron chi connectivity index (χ4n) is 0. The van der Waals surface area contributed by atoms with Crippen LogP contribution >= 0.6 is 0 Å². The van der Waals surface area contributed by atoms with Gasteiger partial charge in [-0.3, -0.25) is 0 Å². The van der Waals surface area contributed by atoms with Crippen LogP contribution in [-0.4, -0.2) is 37.9 Å². The fraction of sp³-hybridized carbons (Fsp3) is 0. The summed E-state index contributed by atoms with van der Waals surface area (Å²) in [5, 5.41) is 14.8. The van der Waals surface area contributed by atoms with Gasteiger partial charge in [-0.2, -0.15) is 0 Å². The van der Waals surface area contributed by atoms with Gasteiger partial charge in [0.2, 0.25) is 0 Å². The minimum atomic E-state index is -1.75. The third-order valence-corrected chi connectivity index (χ3v) is 0. The van der Waals surface area contributed by atoms with E-state index in [-0.39, 0.29) is 52.3 Å². The molecule has 12 N–H and O–H groups in total. The first-order valence-corrected chi connectivity index (χ1v) is 0.548. The summed E-state index contributed by atoms with van der Waals surface area (Å²) in [6.07, 6.45) is 0. The van der Waals surface area contributed by atoms with Crippen molar-refractivity contribution in [2.24, 2.45) is 0 Å². The predicted molar refractivity (Wildman–Crippen MR) is 32.0 cm³/mol. The Labute approximate surface area is 73.5 Å². The molecular formula is H12NO9Zn+. The number of nitrogens with zero attached hydrogens (tertiary/aromatic N) is 1. The minimum absolute atomic E-state index is 0. The summed E-state index contributed by atoms with van der Waals surface area (Å²) < 4.78 is 0. The van der Waals surface area contributed by atoms with E-state index in [1.54, 1.807) is 0 Å². The van der Waals surface area contributed by atoms with Gasteiger partial charge >= 0.3 is 19.5 Å². The average molecular weight is 235 g/mol. The van der Waals surface area contributed by atoms with Crippen LogP contribution in [0.25, 0.3) is 0 Å². The molecule has 72 valence electrons. The van der Waals surface area contributed by atoms with Crippen molar-refractivity contribution in [3.63, 3.8) is 0 Å². The van der Waals surface area contributed by atoms with Gasteiger partial charge in [0.1, 0.15) is 0 Å². The van der Waals surface area contributed by atoms with Crippen LogP contribution in [0.3, 0.4) is 0 Å². The molecule has 0 aromatic carbocycles. The Bertz CT molecular complexity index is 32.5.